The molecule has 120 valence electrons. The van der Waals surface area contributed by atoms with E-state index in [0.29, 0.717) is 6.42 Å². The summed E-state index contributed by atoms with van der Waals surface area (Å²) in [6.45, 7) is -0.257. The summed E-state index contributed by atoms with van der Waals surface area (Å²) in [5.74, 6) is -0.681. The van der Waals surface area contributed by atoms with Crippen LogP contribution in [0.3, 0.4) is 0 Å². The first kappa shape index (κ1) is 16.6. The van der Waals surface area contributed by atoms with Gasteiger partial charge in [-0.2, -0.15) is 0 Å². The van der Waals surface area contributed by atoms with Crippen molar-refractivity contribution in [1.29, 1.82) is 0 Å². The van der Waals surface area contributed by atoms with Gasteiger partial charge in [-0.3, -0.25) is 9.59 Å². The van der Waals surface area contributed by atoms with Crippen LogP contribution in [0.25, 0.3) is 0 Å². The maximum absolute atomic E-state index is 12.3. The van der Waals surface area contributed by atoms with Gasteiger partial charge in [-0.25, -0.2) is 8.42 Å². The second-order valence-electron chi connectivity index (χ2n) is 5.69. The van der Waals surface area contributed by atoms with Gasteiger partial charge in [-0.15, -0.1) is 11.8 Å². The molecule has 2 fully saturated rings. The zero-order chi connectivity index (χ0) is 15.5. The van der Waals surface area contributed by atoms with Gasteiger partial charge < -0.3 is 10.0 Å². The van der Waals surface area contributed by atoms with E-state index in [1.54, 1.807) is 0 Å². The van der Waals surface area contributed by atoms with Crippen LogP contribution in [0.15, 0.2) is 0 Å². The first-order valence-corrected chi connectivity index (χ1v) is 10.1. The van der Waals surface area contributed by atoms with Gasteiger partial charge in [-0.1, -0.05) is 12.8 Å². The number of carboxylic acids is 1. The minimum absolute atomic E-state index is 0.0292. The molecule has 2 rings (SSSR count). The highest BCUT2D eigenvalue weighted by atomic mass is 32.2. The smallest absolute Gasteiger partial charge is 0.323 e. The van der Waals surface area contributed by atoms with Crippen molar-refractivity contribution in [2.24, 2.45) is 0 Å². The highest BCUT2D eigenvalue weighted by Gasteiger charge is 2.31. The number of nitrogens with zero attached hydrogens (tertiary/aromatic N) is 1. The minimum Gasteiger partial charge on any atom is -0.480 e. The predicted octanol–water partition coefficient (Wildman–Crippen LogP) is 0.762. The molecule has 1 amide bonds. The van der Waals surface area contributed by atoms with Crippen molar-refractivity contribution in [2.75, 3.05) is 23.8 Å². The van der Waals surface area contributed by atoms with E-state index in [4.69, 9.17) is 5.11 Å². The van der Waals surface area contributed by atoms with Gasteiger partial charge in [-0.05, 0) is 19.3 Å². The fourth-order valence-corrected chi connectivity index (χ4v) is 6.48. The number of hydrogen-bond donors (Lipinski definition) is 1. The van der Waals surface area contributed by atoms with Crippen molar-refractivity contribution >= 4 is 33.5 Å². The van der Waals surface area contributed by atoms with Gasteiger partial charge in [0.15, 0.2) is 9.84 Å². The maximum atomic E-state index is 12.3. The molecule has 0 aromatic carbocycles. The molecule has 21 heavy (non-hydrogen) atoms. The number of aliphatic carboxylic acids is 1. The molecule has 6 nitrogen and oxygen atoms in total. The van der Waals surface area contributed by atoms with Crippen molar-refractivity contribution in [1.82, 2.24) is 4.90 Å². The van der Waals surface area contributed by atoms with Crippen LogP contribution in [-0.4, -0.2) is 65.4 Å². The fourth-order valence-electron chi connectivity index (χ4n) is 2.95. The summed E-state index contributed by atoms with van der Waals surface area (Å²) in [5.41, 5.74) is 0. The standard InChI is InChI=1S/C13H21NO5S2/c15-12(8-20-11-5-6-21(18,19)9-11)14(7-13(16)17)10-3-1-2-4-10/h10-11H,1-9H2,(H,16,17). The number of carbonyl (C=O) groups is 2. The molecule has 0 aromatic heterocycles. The number of hydrogen-bond acceptors (Lipinski definition) is 5. The molecular formula is C13H21NO5S2. The number of rotatable bonds is 6. The molecule has 1 aliphatic carbocycles. The Hall–Kier alpha value is -0.760. The molecule has 0 aromatic rings. The van der Waals surface area contributed by atoms with Gasteiger partial charge in [0.05, 0.1) is 17.3 Å². The fraction of sp³-hybridized carbons (Fsp3) is 0.846. The van der Waals surface area contributed by atoms with E-state index in [2.05, 4.69) is 0 Å². The molecule has 1 atom stereocenters. The van der Waals surface area contributed by atoms with Gasteiger partial charge in [0.1, 0.15) is 6.54 Å². The number of thioether (sulfide) groups is 1. The number of sulfone groups is 1. The third kappa shape index (κ3) is 4.88. The molecule has 1 heterocycles. The largest absolute Gasteiger partial charge is 0.480 e. The lowest BCUT2D eigenvalue weighted by molar-refractivity contribution is -0.145. The normalized spacial score (nSPS) is 25.0. The zero-order valence-electron chi connectivity index (χ0n) is 11.9. The average molecular weight is 335 g/mol. The van der Waals surface area contributed by atoms with E-state index in [9.17, 15) is 18.0 Å². The molecule has 0 radical (unpaired) electrons. The molecule has 1 saturated carbocycles. The van der Waals surface area contributed by atoms with Crippen LogP contribution in [0.5, 0.6) is 0 Å². The highest BCUT2D eigenvalue weighted by Crippen LogP contribution is 2.27. The first-order valence-electron chi connectivity index (χ1n) is 7.21. The Morgan fingerprint density at radius 3 is 2.38 bits per heavy atom. The Kier molecular flexibility index (Phi) is 5.54. The highest BCUT2D eigenvalue weighted by molar-refractivity contribution is 8.02. The summed E-state index contributed by atoms with van der Waals surface area (Å²) in [7, 11) is -2.94. The van der Waals surface area contributed by atoms with Crippen LogP contribution in [0.1, 0.15) is 32.1 Å². The molecule has 0 bridgehead atoms. The Morgan fingerprint density at radius 1 is 1.19 bits per heavy atom. The van der Waals surface area contributed by atoms with E-state index in [-0.39, 0.29) is 41.0 Å². The van der Waals surface area contributed by atoms with Crippen LogP contribution in [-0.2, 0) is 19.4 Å². The second-order valence-corrected chi connectivity index (χ2v) is 9.21. The van der Waals surface area contributed by atoms with Crippen LogP contribution < -0.4 is 0 Å². The predicted molar refractivity (Wildman–Crippen MR) is 81.1 cm³/mol. The lowest BCUT2D eigenvalue weighted by atomic mass is 10.2. The Morgan fingerprint density at radius 2 is 1.86 bits per heavy atom. The van der Waals surface area contributed by atoms with Crippen LogP contribution in [0.2, 0.25) is 0 Å². The Labute approximate surface area is 129 Å². The minimum atomic E-state index is -2.94. The monoisotopic (exact) mass is 335 g/mol. The SMILES string of the molecule is O=C(O)CN(C(=O)CSC1CCS(=O)(=O)C1)C1CCCC1. The summed E-state index contributed by atoms with van der Waals surface area (Å²) in [6.07, 6.45) is 4.37. The number of carbonyl (C=O) groups excluding carboxylic acids is 1. The molecule has 1 saturated heterocycles. The molecular weight excluding hydrogens is 314 g/mol. The Balaban J connectivity index is 1.87. The van der Waals surface area contributed by atoms with E-state index in [1.807, 2.05) is 0 Å². The Bertz CT molecular complexity index is 499. The van der Waals surface area contributed by atoms with E-state index in [1.165, 1.54) is 16.7 Å². The van der Waals surface area contributed by atoms with Crippen LogP contribution in [0.4, 0.5) is 0 Å². The van der Waals surface area contributed by atoms with Crippen molar-refractivity contribution in [3.8, 4) is 0 Å². The van der Waals surface area contributed by atoms with E-state index in [0.717, 1.165) is 25.7 Å². The lowest BCUT2D eigenvalue weighted by Crippen LogP contribution is -2.43. The molecule has 1 unspecified atom stereocenters. The molecule has 8 heteroatoms. The second kappa shape index (κ2) is 7.00. The third-order valence-corrected chi connectivity index (χ3v) is 7.29. The summed E-state index contributed by atoms with van der Waals surface area (Å²) in [5, 5.41) is 8.93. The van der Waals surface area contributed by atoms with Gasteiger partial charge in [0, 0.05) is 11.3 Å². The van der Waals surface area contributed by atoms with Crippen LogP contribution >= 0.6 is 11.8 Å². The quantitative estimate of drug-likeness (QED) is 0.770. The lowest BCUT2D eigenvalue weighted by Gasteiger charge is -2.27. The summed E-state index contributed by atoms with van der Waals surface area (Å²) < 4.78 is 22.8. The maximum Gasteiger partial charge on any atom is 0.323 e. The van der Waals surface area contributed by atoms with Crippen molar-refractivity contribution in [2.45, 2.75) is 43.4 Å². The summed E-state index contributed by atoms with van der Waals surface area (Å²) in [6, 6.07) is 0.0292. The van der Waals surface area contributed by atoms with Crippen molar-refractivity contribution in [3.05, 3.63) is 0 Å². The molecule has 2 aliphatic rings. The number of amides is 1. The summed E-state index contributed by atoms with van der Waals surface area (Å²) in [4.78, 5) is 24.7. The average Bonchev–Trinajstić information content (AvgIpc) is 3.02. The summed E-state index contributed by atoms with van der Waals surface area (Å²) >= 11 is 1.35. The van der Waals surface area contributed by atoms with Crippen LogP contribution in [0, 0.1) is 0 Å². The molecule has 1 N–H and O–H groups in total. The number of carboxylic acid groups (broad SMARTS) is 1. The topological polar surface area (TPSA) is 91.8 Å². The zero-order valence-corrected chi connectivity index (χ0v) is 13.5. The third-order valence-electron chi connectivity index (χ3n) is 4.02. The van der Waals surface area contributed by atoms with E-state index < -0.39 is 15.8 Å². The molecule has 1 aliphatic heterocycles. The molecule has 0 spiro atoms. The van der Waals surface area contributed by atoms with Crippen molar-refractivity contribution in [3.63, 3.8) is 0 Å². The van der Waals surface area contributed by atoms with Gasteiger partial charge in [0.2, 0.25) is 5.91 Å². The van der Waals surface area contributed by atoms with Crippen molar-refractivity contribution < 1.29 is 23.1 Å². The van der Waals surface area contributed by atoms with Gasteiger partial charge >= 0.3 is 5.97 Å². The van der Waals surface area contributed by atoms with E-state index >= 15 is 0 Å². The first-order chi connectivity index (χ1) is 9.87. The van der Waals surface area contributed by atoms with Gasteiger partial charge in [0.25, 0.3) is 0 Å².